The van der Waals surface area contributed by atoms with Gasteiger partial charge in [0.15, 0.2) is 6.29 Å². The lowest BCUT2D eigenvalue weighted by molar-refractivity contribution is -0.340. The largest absolute Gasteiger partial charge is 0.508 e. The zero-order valence-electron chi connectivity index (χ0n) is 20.8. The average Bonchev–Trinajstić information content (AvgIpc) is 3.31. The van der Waals surface area contributed by atoms with Crippen molar-refractivity contribution in [1.82, 2.24) is 0 Å². The maximum Gasteiger partial charge on any atom is 0.337 e. The van der Waals surface area contributed by atoms with E-state index in [1.807, 2.05) is 0 Å². The number of carbonyl (C=O) groups excluding carboxylic acids is 2. The molecule has 2 heterocycles. The van der Waals surface area contributed by atoms with Crippen molar-refractivity contribution in [2.45, 2.75) is 43.1 Å². The zero-order chi connectivity index (χ0) is 28.3. The van der Waals surface area contributed by atoms with Crippen LogP contribution in [0.4, 0.5) is 0 Å². The van der Waals surface area contributed by atoms with E-state index < -0.39 is 80.1 Å². The van der Waals surface area contributed by atoms with Crippen LogP contribution in [0.25, 0.3) is 6.08 Å². The number of aliphatic hydroxyl groups excluding tert-OH is 5. The third-order valence-electron chi connectivity index (χ3n) is 6.81. The van der Waals surface area contributed by atoms with Crippen LogP contribution in [0.1, 0.15) is 5.56 Å². The Morgan fingerprint density at radius 3 is 2.36 bits per heavy atom. The molecule has 13 nitrogen and oxygen atoms in total. The zero-order valence-corrected chi connectivity index (χ0v) is 20.8. The Morgan fingerprint density at radius 1 is 1.00 bits per heavy atom. The van der Waals surface area contributed by atoms with E-state index in [-0.39, 0.29) is 11.3 Å². The van der Waals surface area contributed by atoms with Gasteiger partial charge in [-0.1, -0.05) is 12.1 Å². The van der Waals surface area contributed by atoms with Crippen LogP contribution < -0.4 is 0 Å². The number of carbonyl (C=O) groups is 2. The quantitative estimate of drug-likeness (QED) is 0.127. The minimum absolute atomic E-state index is 0.00355. The normalized spacial score (nSPS) is 34.1. The molecule has 1 aliphatic carbocycles. The van der Waals surface area contributed by atoms with Crippen LogP contribution in [0.2, 0.25) is 0 Å². The summed E-state index contributed by atoms with van der Waals surface area (Å²) in [5.74, 6) is -3.31. The molecule has 0 bridgehead atoms. The molecule has 212 valence electrons. The average molecular weight is 551 g/mol. The molecule has 2 aliphatic heterocycles. The molecule has 1 saturated heterocycles. The first-order valence-corrected chi connectivity index (χ1v) is 12.1. The van der Waals surface area contributed by atoms with Gasteiger partial charge in [-0.3, -0.25) is 0 Å². The highest BCUT2D eigenvalue weighted by Gasteiger charge is 2.53. The van der Waals surface area contributed by atoms with E-state index in [1.54, 1.807) is 12.1 Å². The van der Waals surface area contributed by atoms with E-state index in [2.05, 4.69) is 0 Å². The van der Waals surface area contributed by atoms with Crippen LogP contribution in [-0.2, 0) is 33.3 Å². The first-order chi connectivity index (χ1) is 18.7. The lowest BCUT2D eigenvalue weighted by Gasteiger charge is -2.43. The number of phenols is 1. The highest BCUT2D eigenvalue weighted by molar-refractivity contribution is 5.90. The number of hydrogen-bond donors (Lipinski definition) is 6. The van der Waals surface area contributed by atoms with Crippen molar-refractivity contribution in [2.75, 3.05) is 20.3 Å². The van der Waals surface area contributed by atoms with Gasteiger partial charge in [0.05, 0.1) is 38.1 Å². The number of benzene rings is 1. The first-order valence-electron chi connectivity index (χ1n) is 12.1. The summed E-state index contributed by atoms with van der Waals surface area (Å²) in [6, 6.07) is 6.08. The predicted molar refractivity (Wildman–Crippen MR) is 129 cm³/mol. The summed E-state index contributed by atoms with van der Waals surface area (Å²) in [6.07, 6.45) is -5.04. The molecule has 1 aromatic carbocycles. The number of aliphatic hydroxyl groups is 5. The molecule has 9 atom stereocenters. The lowest BCUT2D eigenvalue weighted by Crippen LogP contribution is -2.60. The summed E-state index contributed by atoms with van der Waals surface area (Å²) >= 11 is 0. The van der Waals surface area contributed by atoms with Gasteiger partial charge in [0.1, 0.15) is 36.3 Å². The van der Waals surface area contributed by atoms with Crippen LogP contribution in [-0.4, -0.2) is 106 Å². The second-order valence-electron chi connectivity index (χ2n) is 9.18. The maximum atomic E-state index is 12.7. The molecule has 6 N–H and O–H groups in total. The molecule has 13 heteroatoms. The molecule has 4 rings (SSSR count). The van der Waals surface area contributed by atoms with E-state index >= 15 is 0 Å². The van der Waals surface area contributed by atoms with Crippen LogP contribution >= 0.6 is 0 Å². The highest BCUT2D eigenvalue weighted by Crippen LogP contribution is 2.45. The lowest BCUT2D eigenvalue weighted by atomic mass is 9.82. The number of ether oxygens (including phenoxy) is 5. The molecule has 1 fully saturated rings. The Morgan fingerprint density at radius 2 is 1.72 bits per heavy atom. The van der Waals surface area contributed by atoms with Crippen molar-refractivity contribution in [3.8, 4) is 5.75 Å². The smallest absolute Gasteiger partial charge is 0.337 e. The third-order valence-corrected chi connectivity index (χ3v) is 6.81. The Labute approximate surface area is 222 Å². The third kappa shape index (κ3) is 5.99. The summed E-state index contributed by atoms with van der Waals surface area (Å²) < 4.78 is 27.2. The number of rotatable bonds is 8. The topological polar surface area (TPSA) is 202 Å². The van der Waals surface area contributed by atoms with Crippen molar-refractivity contribution >= 4 is 18.0 Å². The predicted octanol–water partition coefficient (Wildman–Crippen LogP) is -1.29. The molecule has 0 saturated carbocycles. The highest BCUT2D eigenvalue weighted by atomic mass is 16.8. The van der Waals surface area contributed by atoms with Crippen LogP contribution in [0.5, 0.6) is 5.75 Å². The summed E-state index contributed by atoms with van der Waals surface area (Å²) in [6.45, 7) is -1.20. The van der Waals surface area contributed by atoms with Crippen molar-refractivity contribution < 1.29 is 63.9 Å². The maximum absolute atomic E-state index is 12.7. The molecule has 39 heavy (non-hydrogen) atoms. The van der Waals surface area contributed by atoms with E-state index in [0.717, 1.165) is 19.4 Å². The van der Waals surface area contributed by atoms with Crippen molar-refractivity contribution in [3.63, 3.8) is 0 Å². The van der Waals surface area contributed by atoms with Crippen molar-refractivity contribution in [2.24, 2.45) is 11.8 Å². The number of methoxy groups -OCH3 is 1. The molecular formula is C26H30O13. The van der Waals surface area contributed by atoms with Gasteiger partial charge in [0, 0.05) is 12.0 Å². The van der Waals surface area contributed by atoms with Gasteiger partial charge in [-0.25, -0.2) is 9.59 Å². The monoisotopic (exact) mass is 550 g/mol. The van der Waals surface area contributed by atoms with Gasteiger partial charge < -0.3 is 54.3 Å². The summed E-state index contributed by atoms with van der Waals surface area (Å²) in [7, 11) is 1.16. The number of phenolic OH excluding ortho intramolecular Hbond substituents is 1. The fourth-order valence-electron chi connectivity index (χ4n) is 4.80. The van der Waals surface area contributed by atoms with Crippen molar-refractivity contribution in [1.29, 1.82) is 0 Å². The summed E-state index contributed by atoms with van der Waals surface area (Å²) in [5, 5.41) is 59.5. The summed E-state index contributed by atoms with van der Waals surface area (Å²) in [5.41, 5.74) is 0.912. The van der Waals surface area contributed by atoms with E-state index in [1.165, 1.54) is 24.3 Å². The number of hydrogen-bond acceptors (Lipinski definition) is 13. The molecule has 0 amide bonds. The fraction of sp³-hybridized carbons (Fsp3) is 0.462. The molecule has 0 aromatic heterocycles. The minimum Gasteiger partial charge on any atom is -0.508 e. The number of fused-ring (bicyclic) bond motifs is 1. The molecule has 0 spiro atoms. The second kappa shape index (κ2) is 12.3. The molecule has 3 aliphatic rings. The van der Waals surface area contributed by atoms with Gasteiger partial charge in [-0.05, 0) is 35.4 Å². The minimum atomic E-state index is -1.72. The number of esters is 2. The van der Waals surface area contributed by atoms with E-state index in [9.17, 15) is 40.2 Å². The number of aromatic hydroxyl groups is 1. The first kappa shape index (κ1) is 28.7. The van der Waals surface area contributed by atoms with Gasteiger partial charge in [-0.2, -0.15) is 0 Å². The SMILES string of the molecule is COC(=O)C1=CO[C@@H](O[C@@H]2O[C@H](CO)[C@@H](O)[C@H](O)[C@H]2O)[C@H]2C(CO)=C[C@@H](OC(=O)/C=C/c3ccc(O)cc3)[C@@H]12. The van der Waals surface area contributed by atoms with Gasteiger partial charge >= 0.3 is 11.9 Å². The van der Waals surface area contributed by atoms with E-state index in [4.69, 9.17) is 23.7 Å². The van der Waals surface area contributed by atoms with Crippen LogP contribution in [0.15, 0.2) is 53.8 Å². The van der Waals surface area contributed by atoms with E-state index in [0.29, 0.717) is 11.1 Å². The molecule has 0 unspecified atom stereocenters. The summed E-state index contributed by atoms with van der Waals surface area (Å²) in [4.78, 5) is 25.2. The Bertz CT molecular complexity index is 1130. The molecular weight excluding hydrogens is 520 g/mol. The van der Waals surface area contributed by atoms with Gasteiger partial charge in [0.2, 0.25) is 6.29 Å². The Balaban J connectivity index is 1.56. The Hall–Kier alpha value is -3.30. The van der Waals surface area contributed by atoms with Crippen LogP contribution in [0.3, 0.4) is 0 Å². The molecule has 0 radical (unpaired) electrons. The standard InChI is InChI=1S/C26H30O13/c1-35-24(34)15-11-36-25(39-26-23(33)22(32)21(31)17(10-28)38-26)19-13(9-27)8-16(20(15)19)37-18(30)7-4-12-2-5-14(29)6-3-12/h2-8,11,16-17,19-23,25-29,31-33H,9-10H2,1H3/b7-4+/t16-,17-,19+,20-,21-,22+,23-,25+,26+/m1/s1. The van der Waals surface area contributed by atoms with Gasteiger partial charge in [-0.15, -0.1) is 0 Å². The Kier molecular flexibility index (Phi) is 9.02. The van der Waals surface area contributed by atoms with Crippen LogP contribution in [0, 0.1) is 11.8 Å². The van der Waals surface area contributed by atoms with Crippen molar-refractivity contribution in [3.05, 3.63) is 59.4 Å². The second-order valence-corrected chi connectivity index (χ2v) is 9.18. The van der Waals surface area contributed by atoms with Gasteiger partial charge in [0.25, 0.3) is 0 Å². The fourth-order valence-corrected chi connectivity index (χ4v) is 4.80. The molecule has 1 aromatic rings.